The smallest absolute Gasteiger partial charge is 0.246 e. The summed E-state index contributed by atoms with van der Waals surface area (Å²) in [6, 6.07) is 4.55. The Morgan fingerprint density at radius 3 is 2.54 bits per heavy atom. The molecule has 0 aliphatic carbocycles. The van der Waals surface area contributed by atoms with E-state index in [1.54, 1.807) is 20.2 Å². The zero-order valence-corrected chi connectivity index (χ0v) is 14.4. The molecule has 1 aromatic rings. The van der Waals surface area contributed by atoms with Crippen molar-refractivity contribution in [1.82, 2.24) is 9.80 Å². The van der Waals surface area contributed by atoms with Gasteiger partial charge in [-0.25, -0.2) is 4.39 Å². The topological polar surface area (TPSA) is 43.9 Å². The molecule has 1 spiro atoms. The number of nitrogens with zero attached hydrogens (tertiary/aromatic N) is 3. The van der Waals surface area contributed by atoms with E-state index in [1.807, 2.05) is 11.0 Å². The van der Waals surface area contributed by atoms with Crippen LogP contribution in [0.4, 0.5) is 10.1 Å². The number of para-hydroxylation sites is 1. The Morgan fingerprint density at radius 2 is 1.88 bits per heavy atom. The molecule has 4 rings (SSSR count). The molecular weight excluding hydrogens is 329 g/mol. The standard InChI is InChI=1S/C17H18FN3O2S/c1-19-14(22)17(15(23)20(2)16(19)24)9-10-5-3-6-11(18)13(10)21-8-4-7-12(17)21/h3,5-6,12H,4,7-9H2,1-2H3/t12-/m0/s1. The lowest BCUT2D eigenvalue weighted by Crippen LogP contribution is -2.70. The summed E-state index contributed by atoms with van der Waals surface area (Å²) in [5.41, 5.74) is 0.0393. The summed E-state index contributed by atoms with van der Waals surface area (Å²) in [7, 11) is 3.21. The molecule has 1 atom stereocenters. The highest BCUT2D eigenvalue weighted by Gasteiger charge is 2.63. The Labute approximate surface area is 145 Å². The lowest BCUT2D eigenvalue weighted by Gasteiger charge is -2.51. The van der Waals surface area contributed by atoms with Crippen LogP contribution < -0.4 is 4.90 Å². The molecule has 126 valence electrons. The zero-order chi connectivity index (χ0) is 17.2. The number of thiocarbonyl (C=S) groups is 1. The highest BCUT2D eigenvalue weighted by molar-refractivity contribution is 7.80. The summed E-state index contributed by atoms with van der Waals surface area (Å²) in [4.78, 5) is 31.0. The Balaban J connectivity index is 1.93. The highest BCUT2D eigenvalue weighted by Crippen LogP contribution is 2.49. The van der Waals surface area contributed by atoms with E-state index in [0.29, 0.717) is 24.2 Å². The lowest BCUT2D eigenvalue weighted by atomic mass is 9.68. The van der Waals surface area contributed by atoms with Crippen LogP contribution >= 0.6 is 12.2 Å². The second-order valence-electron chi connectivity index (χ2n) is 6.76. The molecule has 7 heteroatoms. The first-order valence-electron chi connectivity index (χ1n) is 8.04. The van der Waals surface area contributed by atoms with Crippen LogP contribution in [-0.2, 0) is 16.0 Å². The van der Waals surface area contributed by atoms with Crippen LogP contribution in [0, 0.1) is 11.2 Å². The van der Waals surface area contributed by atoms with Crippen molar-refractivity contribution in [2.75, 3.05) is 25.5 Å². The normalized spacial score (nSPS) is 25.4. The monoisotopic (exact) mass is 347 g/mol. The fourth-order valence-electron chi connectivity index (χ4n) is 4.51. The molecule has 0 bridgehead atoms. The van der Waals surface area contributed by atoms with E-state index in [1.165, 1.54) is 15.9 Å². The zero-order valence-electron chi connectivity index (χ0n) is 13.6. The molecule has 2 amide bonds. The van der Waals surface area contributed by atoms with Crippen LogP contribution in [0.2, 0.25) is 0 Å². The first-order valence-corrected chi connectivity index (χ1v) is 8.44. The molecule has 0 aromatic heterocycles. The van der Waals surface area contributed by atoms with Crippen LogP contribution in [0.5, 0.6) is 0 Å². The van der Waals surface area contributed by atoms with Crippen molar-refractivity contribution in [2.24, 2.45) is 5.41 Å². The maximum atomic E-state index is 14.4. The molecule has 1 aromatic carbocycles. The van der Waals surface area contributed by atoms with Crippen molar-refractivity contribution >= 4 is 34.8 Å². The van der Waals surface area contributed by atoms with Gasteiger partial charge in [0.25, 0.3) is 0 Å². The summed E-state index contributed by atoms with van der Waals surface area (Å²) in [6.07, 6.45) is 1.74. The third-order valence-electron chi connectivity index (χ3n) is 5.59. The summed E-state index contributed by atoms with van der Waals surface area (Å²) in [5, 5.41) is 0.213. The molecule has 0 radical (unpaired) electrons. The third kappa shape index (κ3) is 1.70. The predicted molar refractivity (Wildman–Crippen MR) is 91.0 cm³/mol. The number of rotatable bonds is 0. The van der Waals surface area contributed by atoms with E-state index in [9.17, 15) is 14.0 Å². The number of anilines is 1. The molecule has 2 saturated heterocycles. The van der Waals surface area contributed by atoms with Gasteiger partial charge in [-0.05, 0) is 43.1 Å². The van der Waals surface area contributed by atoms with Crippen molar-refractivity contribution in [2.45, 2.75) is 25.3 Å². The first-order chi connectivity index (χ1) is 11.4. The van der Waals surface area contributed by atoms with Crippen molar-refractivity contribution in [3.63, 3.8) is 0 Å². The minimum Gasteiger partial charge on any atom is -0.364 e. The van der Waals surface area contributed by atoms with Crippen molar-refractivity contribution in [3.8, 4) is 0 Å². The van der Waals surface area contributed by atoms with E-state index >= 15 is 0 Å². The number of hydrogen-bond acceptors (Lipinski definition) is 4. The van der Waals surface area contributed by atoms with E-state index in [-0.39, 0.29) is 35.2 Å². The number of hydrogen-bond donors (Lipinski definition) is 0. The fraction of sp³-hybridized carbons (Fsp3) is 0.471. The van der Waals surface area contributed by atoms with Crippen molar-refractivity contribution < 1.29 is 14.0 Å². The van der Waals surface area contributed by atoms with Gasteiger partial charge in [0.05, 0.1) is 11.7 Å². The molecule has 3 aliphatic heterocycles. The molecule has 2 fully saturated rings. The van der Waals surface area contributed by atoms with Crippen LogP contribution in [-0.4, -0.2) is 53.4 Å². The van der Waals surface area contributed by atoms with Gasteiger partial charge in [0.15, 0.2) is 10.5 Å². The maximum Gasteiger partial charge on any atom is 0.246 e. The van der Waals surface area contributed by atoms with Crippen LogP contribution in [0.15, 0.2) is 18.2 Å². The quantitative estimate of drug-likeness (QED) is 0.528. The molecule has 0 saturated carbocycles. The Kier molecular flexibility index (Phi) is 3.22. The number of fused-ring (bicyclic) bond motifs is 4. The van der Waals surface area contributed by atoms with Gasteiger partial charge in [-0.15, -0.1) is 0 Å². The third-order valence-corrected chi connectivity index (χ3v) is 6.14. The van der Waals surface area contributed by atoms with E-state index in [2.05, 4.69) is 0 Å². The minimum absolute atomic E-state index is 0.213. The summed E-state index contributed by atoms with van der Waals surface area (Å²) in [5.74, 6) is -0.841. The Hall–Kier alpha value is -2.02. The van der Waals surface area contributed by atoms with Gasteiger partial charge in [0.1, 0.15) is 5.82 Å². The summed E-state index contributed by atoms with van der Waals surface area (Å²) >= 11 is 5.21. The number of amides is 2. The minimum atomic E-state index is -1.22. The predicted octanol–water partition coefficient (Wildman–Crippen LogP) is 1.55. The lowest BCUT2D eigenvalue weighted by molar-refractivity contribution is -0.156. The van der Waals surface area contributed by atoms with E-state index in [4.69, 9.17) is 12.2 Å². The first kappa shape index (κ1) is 15.5. The van der Waals surface area contributed by atoms with Crippen molar-refractivity contribution in [1.29, 1.82) is 0 Å². The Morgan fingerprint density at radius 1 is 1.21 bits per heavy atom. The van der Waals surface area contributed by atoms with Gasteiger partial charge in [-0.2, -0.15) is 0 Å². The average molecular weight is 347 g/mol. The average Bonchev–Trinajstić information content (AvgIpc) is 3.06. The summed E-state index contributed by atoms with van der Waals surface area (Å²) < 4.78 is 14.4. The van der Waals surface area contributed by atoms with Crippen LogP contribution in [0.1, 0.15) is 18.4 Å². The molecule has 5 nitrogen and oxygen atoms in total. The number of carbonyl (C=O) groups excluding carboxylic acids is 2. The molecule has 0 unspecified atom stereocenters. The largest absolute Gasteiger partial charge is 0.364 e. The van der Waals surface area contributed by atoms with Crippen LogP contribution in [0.3, 0.4) is 0 Å². The molecule has 3 aliphatic rings. The number of benzene rings is 1. The number of halogens is 1. The van der Waals surface area contributed by atoms with Gasteiger partial charge in [-0.1, -0.05) is 12.1 Å². The van der Waals surface area contributed by atoms with E-state index in [0.717, 1.165) is 6.42 Å². The second kappa shape index (κ2) is 4.99. The SMILES string of the molecule is CN1C(=O)C2(Cc3cccc(F)c3N3CCC[C@H]32)C(=O)N(C)C1=S. The van der Waals surface area contributed by atoms with Gasteiger partial charge in [0, 0.05) is 20.6 Å². The maximum absolute atomic E-state index is 14.4. The molecule has 24 heavy (non-hydrogen) atoms. The van der Waals surface area contributed by atoms with Crippen LogP contribution in [0.25, 0.3) is 0 Å². The van der Waals surface area contributed by atoms with Gasteiger partial charge >= 0.3 is 0 Å². The van der Waals surface area contributed by atoms with Gasteiger partial charge in [0.2, 0.25) is 11.8 Å². The molecule has 0 N–H and O–H groups in total. The second-order valence-corrected chi connectivity index (χ2v) is 7.12. The Bertz CT molecular complexity index is 757. The molecule has 3 heterocycles. The van der Waals surface area contributed by atoms with Gasteiger partial charge in [-0.3, -0.25) is 19.4 Å². The summed E-state index contributed by atoms with van der Waals surface area (Å²) in [6.45, 7) is 0.652. The number of carbonyl (C=O) groups is 2. The highest BCUT2D eigenvalue weighted by atomic mass is 32.1. The van der Waals surface area contributed by atoms with Crippen molar-refractivity contribution in [3.05, 3.63) is 29.6 Å². The van der Waals surface area contributed by atoms with E-state index < -0.39 is 5.41 Å². The fourth-order valence-corrected chi connectivity index (χ4v) is 4.68. The van der Waals surface area contributed by atoms with Gasteiger partial charge < -0.3 is 4.90 Å². The molecular formula is C17H18FN3O2S.